The molecule has 0 spiro atoms. The average molecular weight is 227 g/mol. The van der Waals surface area contributed by atoms with Crippen molar-refractivity contribution in [2.75, 3.05) is 13.6 Å². The molecule has 0 bridgehead atoms. The van der Waals surface area contributed by atoms with Gasteiger partial charge in [0.25, 0.3) is 0 Å². The van der Waals surface area contributed by atoms with Crippen molar-refractivity contribution in [3.8, 4) is 0 Å². The topological polar surface area (TPSA) is 20.3 Å². The molecule has 0 radical (unpaired) electrons. The first kappa shape index (κ1) is 15.6. The van der Waals surface area contributed by atoms with Crippen molar-refractivity contribution in [3.05, 3.63) is 0 Å². The molecule has 0 saturated heterocycles. The van der Waals surface area contributed by atoms with E-state index in [0.29, 0.717) is 18.2 Å². The van der Waals surface area contributed by atoms with Gasteiger partial charge in [0.2, 0.25) is 0 Å². The van der Waals surface area contributed by atoms with Crippen molar-refractivity contribution >= 4 is 5.78 Å². The van der Waals surface area contributed by atoms with E-state index in [1.54, 1.807) is 0 Å². The van der Waals surface area contributed by atoms with Crippen molar-refractivity contribution in [2.24, 2.45) is 0 Å². The summed E-state index contributed by atoms with van der Waals surface area (Å²) < 4.78 is 0. The number of rotatable bonds is 10. The standard InChI is InChI=1S/C14H29NO/c1-5-14(16)11-9-7-6-8-10-12-15(4)13(2)3/h13H,5-12H2,1-4H3. The zero-order chi connectivity index (χ0) is 12.4. The van der Waals surface area contributed by atoms with E-state index < -0.39 is 0 Å². The third-order valence-electron chi connectivity index (χ3n) is 3.24. The number of carbonyl (C=O) groups is 1. The molecule has 0 rings (SSSR count). The lowest BCUT2D eigenvalue weighted by Gasteiger charge is -2.20. The number of nitrogens with zero attached hydrogens (tertiary/aromatic N) is 1. The first-order valence-corrected chi connectivity index (χ1v) is 6.79. The summed E-state index contributed by atoms with van der Waals surface area (Å²) in [6.07, 6.45) is 7.68. The van der Waals surface area contributed by atoms with Crippen LogP contribution in [0.2, 0.25) is 0 Å². The van der Waals surface area contributed by atoms with Crippen LogP contribution in [0.5, 0.6) is 0 Å². The minimum absolute atomic E-state index is 0.416. The van der Waals surface area contributed by atoms with Crippen LogP contribution in [0.4, 0.5) is 0 Å². The predicted molar refractivity (Wildman–Crippen MR) is 70.8 cm³/mol. The van der Waals surface area contributed by atoms with Crippen molar-refractivity contribution in [1.82, 2.24) is 4.90 Å². The molecule has 0 saturated carbocycles. The molecule has 16 heavy (non-hydrogen) atoms. The van der Waals surface area contributed by atoms with Crippen LogP contribution in [0.1, 0.15) is 65.7 Å². The second kappa shape index (κ2) is 9.83. The van der Waals surface area contributed by atoms with Crippen molar-refractivity contribution < 1.29 is 4.79 Å². The van der Waals surface area contributed by atoms with E-state index >= 15 is 0 Å². The molecule has 0 aromatic carbocycles. The van der Waals surface area contributed by atoms with Gasteiger partial charge < -0.3 is 4.90 Å². The number of unbranched alkanes of at least 4 members (excludes halogenated alkanes) is 4. The molecule has 0 unspecified atom stereocenters. The lowest BCUT2D eigenvalue weighted by molar-refractivity contribution is -0.118. The number of carbonyl (C=O) groups excluding carboxylic acids is 1. The number of hydrogen-bond acceptors (Lipinski definition) is 2. The van der Waals surface area contributed by atoms with Crippen LogP contribution >= 0.6 is 0 Å². The quantitative estimate of drug-likeness (QED) is 0.531. The Kier molecular flexibility index (Phi) is 9.60. The van der Waals surface area contributed by atoms with E-state index in [2.05, 4.69) is 25.8 Å². The molecule has 0 amide bonds. The number of Topliss-reactive ketones (excluding diaryl/α,β-unsaturated/α-hetero) is 1. The van der Waals surface area contributed by atoms with Crippen LogP contribution < -0.4 is 0 Å². The minimum Gasteiger partial charge on any atom is -0.304 e. The zero-order valence-corrected chi connectivity index (χ0v) is 11.6. The summed E-state index contributed by atoms with van der Waals surface area (Å²) in [6, 6.07) is 0.655. The minimum atomic E-state index is 0.416. The molecule has 0 heterocycles. The van der Waals surface area contributed by atoms with Crippen LogP contribution in [-0.2, 0) is 4.79 Å². The summed E-state index contributed by atoms with van der Waals surface area (Å²) >= 11 is 0. The summed E-state index contributed by atoms with van der Waals surface area (Å²) in [4.78, 5) is 13.4. The van der Waals surface area contributed by atoms with Gasteiger partial charge in [-0.25, -0.2) is 0 Å². The molecular formula is C14H29NO. The summed E-state index contributed by atoms with van der Waals surface area (Å²) in [5, 5.41) is 0. The highest BCUT2D eigenvalue weighted by Crippen LogP contribution is 2.07. The summed E-state index contributed by atoms with van der Waals surface area (Å²) in [6.45, 7) is 7.61. The summed E-state index contributed by atoms with van der Waals surface area (Å²) in [5.74, 6) is 0.416. The molecule has 0 aromatic rings. The fraction of sp³-hybridized carbons (Fsp3) is 0.929. The summed E-state index contributed by atoms with van der Waals surface area (Å²) in [7, 11) is 2.19. The summed E-state index contributed by atoms with van der Waals surface area (Å²) in [5.41, 5.74) is 0. The molecule has 0 fully saturated rings. The Hall–Kier alpha value is -0.370. The van der Waals surface area contributed by atoms with Gasteiger partial charge in [-0.1, -0.05) is 26.2 Å². The third-order valence-corrected chi connectivity index (χ3v) is 3.24. The Labute approximate surface area is 101 Å². The molecular weight excluding hydrogens is 198 g/mol. The van der Waals surface area contributed by atoms with Crippen LogP contribution in [0.25, 0.3) is 0 Å². The predicted octanol–water partition coefficient (Wildman–Crippen LogP) is 3.65. The van der Waals surface area contributed by atoms with Crippen molar-refractivity contribution in [1.29, 1.82) is 0 Å². The van der Waals surface area contributed by atoms with E-state index in [0.717, 1.165) is 12.8 Å². The number of hydrogen-bond donors (Lipinski definition) is 0. The molecule has 2 heteroatoms. The van der Waals surface area contributed by atoms with Gasteiger partial charge in [0.05, 0.1) is 0 Å². The Morgan fingerprint density at radius 1 is 1.06 bits per heavy atom. The van der Waals surface area contributed by atoms with Crippen molar-refractivity contribution in [2.45, 2.75) is 71.8 Å². The zero-order valence-electron chi connectivity index (χ0n) is 11.6. The largest absolute Gasteiger partial charge is 0.304 e. The lowest BCUT2D eigenvalue weighted by atomic mass is 10.1. The molecule has 0 aromatic heterocycles. The van der Waals surface area contributed by atoms with Crippen LogP contribution in [0.15, 0.2) is 0 Å². The Bertz CT molecular complexity index is 178. The highest BCUT2D eigenvalue weighted by Gasteiger charge is 2.02. The highest BCUT2D eigenvalue weighted by molar-refractivity contribution is 5.77. The van der Waals surface area contributed by atoms with E-state index in [9.17, 15) is 4.79 Å². The average Bonchev–Trinajstić information content (AvgIpc) is 2.26. The fourth-order valence-electron chi connectivity index (χ4n) is 1.65. The molecule has 0 atom stereocenters. The maximum atomic E-state index is 11.1. The molecule has 0 aliphatic rings. The number of ketones is 1. The van der Waals surface area contributed by atoms with Crippen molar-refractivity contribution in [3.63, 3.8) is 0 Å². The second-order valence-corrected chi connectivity index (χ2v) is 4.98. The fourth-order valence-corrected chi connectivity index (χ4v) is 1.65. The van der Waals surface area contributed by atoms with E-state index in [4.69, 9.17) is 0 Å². The first-order chi connectivity index (χ1) is 7.57. The van der Waals surface area contributed by atoms with Gasteiger partial charge in [0.15, 0.2) is 0 Å². The first-order valence-electron chi connectivity index (χ1n) is 6.79. The van der Waals surface area contributed by atoms with Crippen LogP contribution in [0.3, 0.4) is 0 Å². The van der Waals surface area contributed by atoms with E-state index in [1.165, 1.54) is 32.2 Å². The Balaban J connectivity index is 3.19. The molecule has 0 N–H and O–H groups in total. The highest BCUT2D eigenvalue weighted by atomic mass is 16.1. The Morgan fingerprint density at radius 2 is 1.62 bits per heavy atom. The van der Waals surface area contributed by atoms with Gasteiger partial charge in [-0.3, -0.25) is 4.79 Å². The SMILES string of the molecule is CCC(=O)CCCCCCCN(C)C(C)C. The van der Waals surface area contributed by atoms with Crippen LogP contribution in [0, 0.1) is 0 Å². The molecule has 96 valence electrons. The van der Waals surface area contributed by atoms with Gasteiger partial charge in [-0.05, 0) is 40.3 Å². The van der Waals surface area contributed by atoms with Gasteiger partial charge in [0, 0.05) is 18.9 Å². The lowest BCUT2D eigenvalue weighted by Crippen LogP contribution is -2.27. The van der Waals surface area contributed by atoms with Gasteiger partial charge >= 0.3 is 0 Å². The monoisotopic (exact) mass is 227 g/mol. The maximum Gasteiger partial charge on any atom is 0.132 e. The molecule has 0 aliphatic heterocycles. The second-order valence-electron chi connectivity index (χ2n) is 4.98. The van der Waals surface area contributed by atoms with E-state index in [-0.39, 0.29) is 0 Å². The maximum absolute atomic E-state index is 11.1. The van der Waals surface area contributed by atoms with Crippen LogP contribution in [-0.4, -0.2) is 30.3 Å². The van der Waals surface area contributed by atoms with Gasteiger partial charge in [-0.15, -0.1) is 0 Å². The Morgan fingerprint density at radius 3 is 2.19 bits per heavy atom. The van der Waals surface area contributed by atoms with Gasteiger partial charge in [0.1, 0.15) is 5.78 Å². The third kappa shape index (κ3) is 8.90. The van der Waals surface area contributed by atoms with E-state index in [1.807, 2.05) is 6.92 Å². The van der Waals surface area contributed by atoms with Gasteiger partial charge in [-0.2, -0.15) is 0 Å². The molecule has 2 nitrogen and oxygen atoms in total. The smallest absolute Gasteiger partial charge is 0.132 e. The molecule has 0 aliphatic carbocycles. The normalized spacial score (nSPS) is 11.4.